The zero-order valence-corrected chi connectivity index (χ0v) is 15.6. The molecule has 2 aromatic rings. The van der Waals surface area contributed by atoms with Gasteiger partial charge >= 0.3 is 0 Å². The Morgan fingerprint density at radius 2 is 2.24 bits per heavy atom. The van der Waals surface area contributed by atoms with Crippen LogP contribution in [0.3, 0.4) is 0 Å². The number of rotatable bonds is 8. The van der Waals surface area contributed by atoms with Crippen LogP contribution in [0.1, 0.15) is 44.9 Å². The number of amides is 1. The molecule has 0 aliphatic carbocycles. The minimum atomic E-state index is 0.141. The first-order valence-electron chi connectivity index (χ1n) is 9.12. The number of hydrogen-bond donors (Lipinski definition) is 1. The molecule has 0 bridgehead atoms. The molecule has 6 nitrogen and oxygen atoms in total. The van der Waals surface area contributed by atoms with Crippen molar-refractivity contribution in [2.75, 3.05) is 19.6 Å². The number of nitrogens with one attached hydrogen (secondary N) is 1. The largest absolute Gasteiger partial charge is 0.356 e. The average molecular weight is 362 g/mol. The van der Waals surface area contributed by atoms with Gasteiger partial charge in [-0.3, -0.25) is 9.69 Å². The normalized spacial score (nSPS) is 16.2. The van der Waals surface area contributed by atoms with Crippen molar-refractivity contribution in [2.45, 2.75) is 45.6 Å². The molecular weight excluding hydrogens is 336 g/mol. The fourth-order valence-corrected chi connectivity index (χ4v) is 3.75. The van der Waals surface area contributed by atoms with Crippen molar-refractivity contribution in [3.05, 3.63) is 23.4 Å². The van der Waals surface area contributed by atoms with Crippen LogP contribution in [-0.4, -0.2) is 40.6 Å². The molecule has 0 spiro atoms. The smallest absolute Gasteiger partial charge is 0.241 e. The number of aromatic nitrogens is 2. The van der Waals surface area contributed by atoms with E-state index in [1.807, 2.05) is 17.5 Å². The standard InChI is InChI=1S/C18H26N4O2S/c1-2-3-4-9-19-18(23)14-7-10-22(11-8-14)13-16-20-17(21-24-16)15-6-5-12-25-15/h5-6,12,14H,2-4,7-11,13H2,1H3,(H,19,23). The van der Waals surface area contributed by atoms with E-state index in [-0.39, 0.29) is 11.8 Å². The van der Waals surface area contributed by atoms with Gasteiger partial charge in [-0.05, 0) is 43.8 Å². The maximum atomic E-state index is 12.2. The van der Waals surface area contributed by atoms with E-state index in [1.165, 1.54) is 12.8 Å². The Balaban J connectivity index is 1.41. The predicted octanol–water partition coefficient (Wildman–Crippen LogP) is 3.32. The molecule has 1 aliphatic rings. The molecule has 0 radical (unpaired) electrons. The Morgan fingerprint density at radius 1 is 1.40 bits per heavy atom. The number of carbonyl (C=O) groups excluding carboxylic acids is 1. The third kappa shape index (κ3) is 5.12. The van der Waals surface area contributed by atoms with Crippen molar-refractivity contribution in [1.29, 1.82) is 0 Å². The zero-order valence-electron chi connectivity index (χ0n) is 14.7. The second-order valence-corrected chi connectivity index (χ2v) is 7.49. The number of piperidine rings is 1. The van der Waals surface area contributed by atoms with Crippen molar-refractivity contribution < 1.29 is 9.32 Å². The Kier molecular flexibility index (Phi) is 6.58. The van der Waals surface area contributed by atoms with E-state index < -0.39 is 0 Å². The Bertz CT molecular complexity index is 648. The van der Waals surface area contributed by atoms with Gasteiger partial charge in [-0.25, -0.2) is 0 Å². The molecule has 1 aliphatic heterocycles. The predicted molar refractivity (Wildman–Crippen MR) is 98.1 cm³/mol. The maximum Gasteiger partial charge on any atom is 0.241 e. The minimum absolute atomic E-state index is 0.141. The van der Waals surface area contributed by atoms with Gasteiger partial charge in [0.05, 0.1) is 11.4 Å². The average Bonchev–Trinajstić information content (AvgIpc) is 3.30. The summed E-state index contributed by atoms with van der Waals surface area (Å²) in [5.74, 6) is 1.66. The van der Waals surface area contributed by atoms with E-state index >= 15 is 0 Å². The lowest BCUT2D eigenvalue weighted by Crippen LogP contribution is -2.40. The molecule has 0 unspecified atom stereocenters. The van der Waals surface area contributed by atoms with E-state index in [2.05, 4.69) is 27.3 Å². The molecule has 2 aromatic heterocycles. The lowest BCUT2D eigenvalue weighted by molar-refractivity contribution is -0.126. The first-order chi connectivity index (χ1) is 12.3. The SMILES string of the molecule is CCCCCNC(=O)C1CCN(Cc2nc(-c3cccs3)no2)CC1. The lowest BCUT2D eigenvalue weighted by Gasteiger charge is -2.30. The van der Waals surface area contributed by atoms with Gasteiger partial charge in [0.2, 0.25) is 17.6 Å². The molecule has 25 heavy (non-hydrogen) atoms. The highest BCUT2D eigenvalue weighted by molar-refractivity contribution is 7.13. The summed E-state index contributed by atoms with van der Waals surface area (Å²) in [6, 6.07) is 3.97. The Morgan fingerprint density at radius 3 is 2.96 bits per heavy atom. The summed E-state index contributed by atoms with van der Waals surface area (Å²) >= 11 is 1.61. The van der Waals surface area contributed by atoms with Gasteiger partial charge in [0.1, 0.15) is 0 Å². The summed E-state index contributed by atoms with van der Waals surface area (Å²) in [5.41, 5.74) is 0. The van der Waals surface area contributed by atoms with Crippen molar-refractivity contribution in [3.8, 4) is 10.7 Å². The molecule has 3 heterocycles. The summed E-state index contributed by atoms with van der Waals surface area (Å²) < 4.78 is 5.37. The summed E-state index contributed by atoms with van der Waals surface area (Å²) in [6.45, 7) is 5.42. The van der Waals surface area contributed by atoms with Crippen LogP contribution in [0.2, 0.25) is 0 Å². The van der Waals surface area contributed by atoms with Crippen LogP contribution in [0.5, 0.6) is 0 Å². The molecule has 0 atom stereocenters. The molecule has 1 amide bonds. The topological polar surface area (TPSA) is 71.3 Å². The molecule has 1 N–H and O–H groups in total. The van der Waals surface area contributed by atoms with Crippen LogP contribution in [0.25, 0.3) is 10.7 Å². The number of carbonyl (C=O) groups is 1. The second-order valence-electron chi connectivity index (χ2n) is 6.54. The third-order valence-corrected chi connectivity index (χ3v) is 5.47. The molecule has 136 valence electrons. The Hall–Kier alpha value is -1.73. The van der Waals surface area contributed by atoms with Crippen LogP contribution < -0.4 is 5.32 Å². The van der Waals surface area contributed by atoms with Crippen molar-refractivity contribution in [3.63, 3.8) is 0 Å². The van der Waals surface area contributed by atoms with E-state index in [0.717, 1.165) is 43.8 Å². The van der Waals surface area contributed by atoms with Crippen LogP contribution >= 0.6 is 11.3 Å². The van der Waals surface area contributed by atoms with Gasteiger partial charge in [-0.2, -0.15) is 4.98 Å². The monoisotopic (exact) mass is 362 g/mol. The molecule has 7 heteroatoms. The molecule has 1 fully saturated rings. The second kappa shape index (κ2) is 9.10. The quantitative estimate of drug-likeness (QED) is 0.730. The summed E-state index contributed by atoms with van der Waals surface area (Å²) in [7, 11) is 0. The van der Waals surface area contributed by atoms with Gasteiger partial charge in [0.25, 0.3) is 0 Å². The van der Waals surface area contributed by atoms with E-state index in [0.29, 0.717) is 18.3 Å². The number of thiophene rings is 1. The lowest BCUT2D eigenvalue weighted by atomic mass is 9.96. The van der Waals surface area contributed by atoms with Crippen LogP contribution in [0.15, 0.2) is 22.0 Å². The first kappa shape index (κ1) is 18.1. The number of unbranched alkanes of at least 4 members (excludes halogenated alkanes) is 2. The molecule has 1 saturated heterocycles. The summed E-state index contributed by atoms with van der Waals surface area (Å²) in [5, 5.41) is 9.13. The summed E-state index contributed by atoms with van der Waals surface area (Å²) in [4.78, 5) is 20.0. The van der Waals surface area contributed by atoms with Gasteiger partial charge in [-0.15, -0.1) is 11.3 Å². The van der Waals surface area contributed by atoms with Gasteiger partial charge < -0.3 is 9.84 Å². The van der Waals surface area contributed by atoms with Gasteiger partial charge in [0.15, 0.2) is 0 Å². The molecule has 0 saturated carbocycles. The Labute approximate surface area is 152 Å². The van der Waals surface area contributed by atoms with E-state index in [9.17, 15) is 4.79 Å². The highest BCUT2D eigenvalue weighted by Gasteiger charge is 2.25. The summed E-state index contributed by atoms with van der Waals surface area (Å²) in [6.07, 6.45) is 5.22. The van der Waals surface area contributed by atoms with E-state index in [4.69, 9.17) is 4.52 Å². The maximum absolute atomic E-state index is 12.2. The molecule has 3 rings (SSSR count). The van der Waals surface area contributed by atoms with Gasteiger partial charge in [-0.1, -0.05) is 31.0 Å². The van der Waals surface area contributed by atoms with Crippen molar-refractivity contribution in [2.24, 2.45) is 5.92 Å². The van der Waals surface area contributed by atoms with Crippen LogP contribution in [0.4, 0.5) is 0 Å². The highest BCUT2D eigenvalue weighted by atomic mass is 32.1. The van der Waals surface area contributed by atoms with Crippen LogP contribution in [-0.2, 0) is 11.3 Å². The van der Waals surface area contributed by atoms with Crippen molar-refractivity contribution in [1.82, 2.24) is 20.4 Å². The minimum Gasteiger partial charge on any atom is -0.356 e. The van der Waals surface area contributed by atoms with Crippen molar-refractivity contribution >= 4 is 17.2 Å². The molecular formula is C18H26N4O2S. The number of nitrogens with zero attached hydrogens (tertiary/aromatic N) is 3. The number of hydrogen-bond acceptors (Lipinski definition) is 6. The van der Waals surface area contributed by atoms with Gasteiger partial charge in [0, 0.05) is 12.5 Å². The first-order valence-corrected chi connectivity index (χ1v) is 10.0. The fourth-order valence-electron chi connectivity index (χ4n) is 3.10. The highest BCUT2D eigenvalue weighted by Crippen LogP contribution is 2.23. The fraction of sp³-hybridized carbons (Fsp3) is 0.611. The molecule has 0 aromatic carbocycles. The number of likely N-dealkylation sites (tertiary alicyclic amines) is 1. The zero-order chi connectivity index (χ0) is 17.5. The van der Waals surface area contributed by atoms with E-state index in [1.54, 1.807) is 11.3 Å². The van der Waals surface area contributed by atoms with Crippen LogP contribution in [0, 0.1) is 5.92 Å². The third-order valence-electron chi connectivity index (χ3n) is 4.61.